The zero-order valence-corrected chi connectivity index (χ0v) is 22.2. The molecule has 2 atom stereocenters. The highest BCUT2D eigenvalue weighted by Gasteiger charge is 2.23. The topological polar surface area (TPSA) is 9.23 Å². The van der Waals surface area contributed by atoms with Crippen molar-refractivity contribution in [3.8, 4) is 22.3 Å². The first kappa shape index (κ1) is 27.4. The lowest BCUT2D eigenvalue weighted by Gasteiger charge is -2.29. The van der Waals surface area contributed by atoms with Gasteiger partial charge in [0.05, 0.1) is 12.7 Å². The standard InChI is InChI=1S/C33H39F3O/c1-3-5-6-7-8-10-23-11-20-31(37-22-23)27-17-18-28(30(34)21-27)24-12-14-25(15-13-24)29-19-16-26(9-4-2)32(35)33(29)36/h12-19,21,23,31H,3-11,20,22H2,1-2H3. The van der Waals surface area contributed by atoms with Crippen LogP contribution >= 0.6 is 0 Å². The SMILES string of the molecule is CCCCCCCC1CCC(c2ccc(-c3ccc(-c4ccc(CCC)c(F)c4F)cc3)c(F)c2)OC1. The predicted octanol–water partition coefficient (Wildman–Crippen LogP) is 10.2. The Bertz CT molecular complexity index is 1150. The summed E-state index contributed by atoms with van der Waals surface area (Å²) in [5, 5.41) is 0. The summed E-state index contributed by atoms with van der Waals surface area (Å²) in [5.41, 5.74) is 3.24. The van der Waals surface area contributed by atoms with Crippen molar-refractivity contribution in [2.75, 3.05) is 6.61 Å². The highest BCUT2D eigenvalue weighted by Crippen LogP contribution is 2.35. The van der Waals surface area contributed by atoms with Crippen molar-refractivity contribution in [1.82, 2.24) is 0 Å². The minimum atomic E-state index is -0.833. The molecular weight excluding hydrogens is 469 g/mol. The molecule has 1 aliphatic rings. The number of hydrogen-bond acceptors (Lipinski definition) is 1. The highest BCUT2D eigenvalue weighted by molar-refractivity contribution is 5.71. The van der Waals surface area contributed by atoms with E-state index in [0.717, 1.165) is 31.4 Å². The Balaban J connectivity index is 1.38. The Hall–Kier alpha value is -2.59. The van der Waals surface area contributed by atoms with Gasteiger partial charge in [0.2, 0.25) is 0 Å². The van der Waals surface area contributed by atoms with Crippen LogP contribution in [0.25, 0.3) is 22.3 Å². The summed E-state index contributed by atoms with van der Waals surface area (Å²) in [6.45, 7) is 4.92. The molecule has 4 heteroatoms. The largest absolute Gasteiger partial charge is 0.373 e. The van der Waals surface area contributed by atoms with Crippen molar-refractivity contribution < 1.29 is 17.9 Å². The Kier molecular flexibility index (Phi) is 9.85. The molecule has 0 radical (unpaired) electrons. The maximum absolute atomic E-state index is 15.1. The van der Waals surface area contributed by atoms with Gasteiger partial charge in [-0.3, -0.25) is 0 Å². The van der Waals surface area contributed by atoms with Crippen molar-refractivity contribution >= 4 is 0 Å². The van der Waals surface area contributed by atoms with Crippen molar-refractivity contribution in [3.05, 3.63) is 83.2 Å². The maximum Gasteiger partial charge on any atom is 0.166 e. The Morgan fingerprint density at radius 2 is 1.43 bits per heavy atom. The molecule has 2 unspecified atom stereocenters. The van der Waals surface area contributed by atoms with Gasteiger partial charge in [0.1, 0.15) is 5.82 Å². The van der Waals surface area contributed by atoms with E-state index in [9.17, 15) is 8.78 Å². The van der Waals surface area contributed by atoms with Gasteiger partial charge in [0.15, 0.2) is 11.6 Å². The first-order valence-corrected chi connectivity index (χ1v) is 14.0. The van der Waals surface area contributed by atoms with Crippen LogP contribution in [0.1, 0.15) is 88.9 Å². The van der Waals surface area contributed by atoms with E-state index in [0.29, 0.717) is 34.6 Å². The van der Waals surface area contributed by atoms with Gasteiger partial charge in [-0.25, -0.2) is 13.2 Å². The van der Waals surface area contributed by atoms with Crippen LogP contribution in [-0.2, 0) is 11.2 Å². The minimum absolute atomic E-state index is 0.0594. The summed E-state index contributed by atoms with van der Waals surface area (Å²) in [5.74, 6) is -1.30. The van der Waals surface area contributed by atoms with Gasteiger partial charge < -0.3 is 4.74 Å². The van der Waals surface area contributed by atoms with E-state index in [1.165, 1.54) is 38.5 Å². The molecule has 3 aromatic rings. The Labute approximate surface area is 220 Å². The number of rotatable bonds is 11. The molecule has 0 aliphatic carbocycles. The molecule has 4 rings (SSSR count). The second-order valence-corrected chi connectivity index (χ2v) is 10.4. The molecule has 0 spiro atoms. The molecule has 1 nitrogen and oxygen atoms in total. The van der Waals surface area contributed by atoms with Crippen LogP contribution in [0.3, 0.4) is 0 Å². The fourth-order valence-corrected chi connectivity index (χ4v) is 5.40. The van der Waals surface area contributed by atoms with Gasteiger partial charge in [-0.2, -0.15) is 0 Å². The summed E-state index contributed by atoms with van der Waals surface area (Å²) < 4.78 is 50.3. The second-order valence-electron chi connectivity index (χ2n) is 10.4. The van der Waals surface area contributed by atoms with Crippen LogP contribution in [-0.4, -0.2) is 6.61 Å². The molecule has 0 N–H and O–H groups in total. The number of aryl methyl sites for hydroxylation is 1. The van der Waals surface area contributed by atoms with E-state index in [4.69, 9.17) is 4.74 Å². The molecule has 198 valence electrons. The number of benzene rings is 3. The molecule has 0 amide bonds. The Morgan fingerprint density at radius 3 is 2.08 bits per heavy atom. The van der Waals surface area contributed by atoms with Crippen molar-refractivity contribution in [3.63, 3.8) is 0 Å². The average molecular weight is 509 g/mol. The van der Waals surface area contributed by atoms with Crippen LogP contribution in [0.15, 0.2) is 54.6 Å². The zero-order chi connectivity index (χ0) is 26.2. The van der Waals surface area contributed by atoms with E-state index in [1.54, 1.807) is 48.5 Å². The number of ether oxygens (including phenoxy) is 1. The lowest BCUT2D eigenvalue weighted by Crippen LogP contribution is -2.20. The van der Waals surface area contributed by atoms with Crippen molar-refractivity contribution in [2.24, 2.45) is 5.92 Å². The highest BCUT2D eigenvalue weighted by atomic mass is 19.2. The smallest absolute Gasteiger partial charge is 0.166 e. The predicted molar refractivity (Wildman–Crippen MR) is 146 cm³/mol. The van der Waals surface area contributed by atoms with Crippen LogP contribution in [0.2, 0.25) is 0 Å². The van der Waals surface area contributed by atoms with Gasteiger partial charge in [-0.05, 0) is 59.9 Å². The number of unbranched alkanes of at least 4 members (excludes halogenated alkanes) is 4. The van der Waals surface area contributed by atoms with Gasteiger partial charge in [0.25, 0.3) is 0 Å². The monoisotopic (exact) mass is 508 g/mol. The van der Waals surface area contributed by atoms with Crippen molar-refractivity contribution in [2.45, 2.75) is 84.2 Å². The molecule has 1 fully saturated rings. The summed E-state index contributed by atoms with van der Waals surface area (Å²) in [4.78, 5) is 0. The van der Waals surface area contributed by atoms with Gasteiger partial charge >= 0.3 is 0 Å². The van der Waals surface area contributed by atoms with Crippen LogP contribution in [0, 0.1) is 23.4 Å². The normalized spacial score (nSPS) is 17.8. The van der Waals surface area contributed by atoms with Crippen LogP contribution in [0.4, 0.5) is 13.2 Å². The third kappa shape index (κ3) is 6.84. The van der Waals surface area contributed by atoms with Crippen molar-refractivity contribution in [1.29, 1.82) is 0 Å². The molecule has 1 aliphatic heterocycles. The quantitative estimate of drug-likeness (QED) is 0.234. The van der Waals surface area contributed by atoms with Crippen LogP contribution in [0.5, 0.6) is 0 Å². The number of halogens is 3. The third-order valence-corrected chi connectivity index (χ3v) is 7.64. The van der Waals surface area contributed by atoms with Crippen LogP contribution < -0.4 is 0 Å². The average Bonchev–Trinajstić information content (AvgIpc) is 2.92. The lowest BCUT2D eigenvalue weighted by atomic mass is 9.90. The van der Waals surface area contributed by atoms with E-state index in [-0.39, 0.29) is 17.5 Å². The summed E-state index contributed by atoms with van der Waals surface area (Å²) in [7, 11) is 0. The minimum Gasteiger partial charge on any atom is -0.373 e. The fraction of sp³-hybridized carbons (Fsp3) is 0.455. The van der Waals surface area contributed by atoms with Gasteiger partial charge in [-0.15, -0.1) is 0 Å². The third-order valence-electron chi connectivity index (χ3n) is 7.64. The molecule has 0 bridgehead atoms. The fourth-order valence-electron chi connectivity index (χ4n) is 5.40. The number of hydrogen-bond donors (Lipinski definition) is 0. The molecule has 0 aromatic heterocycles. The van der Waals surface area contributed by atoms with E-state index in [1.807, 2.05) is 13.0 Å². The van der Waals surface area contributed by atoms with E-state index >= 15 is 4.39 Å². The summed E-state index contributed by atoms with van der Waals surface area (Å²) >= 11 is 0. The first-order valence-electron chi connectivity index (χ1n) is 14.0. The Morgan fingerprint density at radius 1 is 0.730 bits per heavy atom. The second kappa shape index (κ2) is 13.3. The lowest BCUT2D eigenvalue weighted by molar-refractivity contribution is -0.0200. The first-order chi connectivity index (χ1) is 18.0. The molecule has 1 heterocycles. The van der Waals surface area contributed by atoms with Gasteiger partial charge in [-0.1, -0.05) is 101 Å². The van der Waals surface area contributed by atoms with E-state index in [2.05, 4.69) is 6.92 Å². The molecular formula is C33H39F3O. The van der Waals surface area contributed by atoms with E-state index < -0.39 is 11.6 Å². The molecule has 0 saturated carbocycles. The maximum atomic E-state index is 15.1. The zero-order valence-electron chi connectivity index (χ0n) is 22.2. The summed E-state index contributed by atoms with van der Waals surface area (Å²) in [6, 6.07) is 15.5. The molecule has 37 heavy (non-hydrogen) atoms. The molecule has 1 saturated heterocycles. The van der Waals surface area contributed by atoms with Gasteiger partial charge in [0, 0.05) is 11.1 Å². The summed E-state index contributed by atoms with van der Waals surface area (Å²) in [6.07, 6.45) is 10.9. The molecule has 3 aromatic carbocycles.